The fraction of sp³-hybridized carbons (Fsp3) is 0.714. The maximum absolute atomic E-state index is 3.63. The molecule has 4 heteroatoms. The Balaban J connectivity index is 1.76. The van der Waals surface area contributed by atoms with Crippen molar-refractivity contribution in [3.05, 3.63) is 22.4 Å². The van der Waals surface area contributed by atoms with Crippen molar-refractivity contribution in [3.63, 3.8) is 0 Å². The van der Waals surface area contributed by atoms with Crippen molar-refractivity contribution in [2.75, 3.05) is 33.7 Å². The second-order valence-corrected chi connectivity index (χ2v) is 6.28. The van der Waals surface area contributed by atoms with E-state index < -0.39 is 0 Å². The van der Waals surface area contributed by atoms with Crippen LogP contribution in [0.4, 0.5) is 0 Å². The highest BCUT2D eigenvalue weighted by atomic mass is 32.1. The summed E-state index contributed by atoms with van der Waals surface area (Å²) in [7, 11) is 4.32. The molecule has 0 spiro atoms. The minimum absolute atomic E-state index is 0.494. The third-order valence-electron chi connectivity index (χ3n) is 3.64. The van der Waals surface area contributed by atoms with Gasteiger partial charge in [0.1, 0.15) is 0 Å². The molecule has 0 bridgehead atoms. The Hall–Kier alpha value is -0.420. The largest absolute Gasteiger partial charge is 0.313 e. The van der Waals surface area contributed by atoms with Crippen LogP contribution in [0, 0.1) is 0 Å². The SMILES string of the molecule is CN(C)C(CNCC1CCCCN1)c1cccs1. The van der Waals surface area contributed by atoms with E-state index in [1.165, 1.54) is 30.7 Å². The molecule has 1 saturated heterocycles. The maximum atomic E-state index is 3.63. The van der Waals surface area contributed by atoms with Gasteiger partial charge in [0.25, 0.3) is 0 Å². The standard InChI is InChI=1S/C14H25N3S/c1-17(2)13(14-7-5-9-18-14)11-15-10-12-6-3-4-8-16-12/h5,7,9,12-13,15-16H,3-4,6,8,10-11H2,1-2H3. The van der Waals surface area contributed by atoms with Gasteiger partial charge in [-0.25, -0.2) is 0 Å². The number of hydrogen-bond donors (Lipinski definition) is 2. The first-order valence-electron chi connectivity index (χ1n) is 6.91. The third-order valence-corrected chi connectivity index (χ3v) is 4.61. The number of nitrogens with zero attached hydrogens (tertiary/aromatic N) is 1. The van der Waals surface area contributed by atoms with Crippen LogP contribution in [0.1, 0.15) is 30.2 Å². The van der Waals surface area contributed by atoms with Crippen LogP contribution in [0.2, 0.25) is 0 Å². The van der Waals surface area contributed by atoms with Crippen molar-refractivity contribution >= 4 is 11.3 Å². The molecule has 2 atom stereocenters. The Kier molecular flexibility index (Phi) is 5.63. The van der Waals surface area contributed by atoms with E-state index in [9.17, 15) is 0 Å². The monoisotopic (exact) mass is 267 g/mol. The van der Waals surface area contributed by atoms with E-state index in [1.807, 2.05) is 11.3 Å². The van der Waals surface area contributed by atoms with Gasteiger partial charge < -0.3 is 15.5 Å². The quantitative estimate of drug-likeness (QED) is 0.826. The Labute approximate surface area is 115 Å². The average Bonchev–Trinajstić information content (AvgIpc) is 2.89. The summed E-state index contributed by atoms with van der Waals surface area (Å²) in [6.07, 6.45) is 4.03. The molecule has 102 valence electrons. The molecule has 1 aliphatic heterocycles. The van der Waals surface area contributed by atoms with Crippen molar-refractivity contribution in [2.24, 2.45) is 0 Å². The first-order valence-corrected chi connectivity index (χ1v) is 7.79. The molecule has 1 aromatic heterocycles. The second kappa shape index (κ2) is 7.24. The summed E-state index contributed by atoms with van der Waals surface area (Å²) in [6, 6.07) is 5.54. The Morgan fingerprint density at radius 3 is 3.00 bits per heavy atom. The van der Waals surface area contributed by atoms with Gasteiger partial charge in [0.15, 0.2) is 0 Å². The van der Waals surface area contributed by atoms with E-state index >= 15 is 0 Å². The smallest absolute Gasteiger partial charge is 0.0561 e. The Morgan fingerprint density at radius 1 is 1.50 bits per heavy atom. The molecule has 2 heterocycles. The van der Waals surface area contributed by atoms with Crippen molar-refractivity contribution in [1.29, 1.82) is 0 Å². The van der Waals surface area contributed by atoms with Crippen LogP contribution in [0.25, 0.3) is 0 Å². The lowest BCUT2D eigenvalue weighted by Crippen LogP contribution is -2.43. The number of thiophene rings is 1. The first-order chi connectivity index (χ1) is 8.77. The zero-order valence-corrected chi connectivity index (χ0v) is 12.3. The summed E-state index contributed by atoms with van der Waals surface area (Å²) in [5, 5.41) is 9.37. The van der Waals surface area contributed by atoms with E-state index in [0.29, 0.717) is 12.1 Å². The molecule has 0 aliphatic carbocycles. The number of rotatable bonds is 6. The molecule has 0 aromatic carbocycles. The van der Waals surface area contributed by atoms with Crippen LogP contribution >= 0.6 is 11.3 Å². The van der Waals surface area contributed by atoms with E-state index in [-0.39, 0.29) is 0 Å². The normalized spacial score (nSPS) is 22.3. The van der Waals surface area contributed by atoms with Crippen LogP contribution in [-0.4, -0.2) is 44.7 Å². The maximum Gasteiger partial charge on any atom is 0.0561 e. The van der Waals surface area contributed by atoms with E-state index in [0.717, 1.165) is 13.1 Å². The second-order valence-electron chi connectivity index (χ2n) is 5.30. The molecular weight excluding hydrogens is 242 g/mol. The lowest BCUT2D eigenvalue weighted by molar-refractivity contribution is 0.284. The van der Waals surface area contributed by atoms with Crippen molar-refractivity contribution < 1.29 is 0 Å². The molecule has 1 aliphatic rings. The topological polar surface area (TPSA) is 27.3 Å². The predicted molar refractivity (Wildman–Crippen MR) is 79.3 cm³/mol. The minimum Gasteiger partial charge on any atom is -0.313 e. The fourth-order valence-electron chi connectivity index (χ4n) is 2.51. The van der Waals surface area contributed by atoms with Gasteiger partial charge in [-0.3, -0.25) is 0 Å². The zero-order chi connectivity index (χ0) is 12.8. The van der Waals surface area contributed by atoms with Gasteiger partial charge in [-0.1, -0.05) is 12.5 Å². The molecule has 0 amide bonds. The molecule has 3 nitrogen and oxygen atoms in total. The molecule has 2 N–H and O–H groups in total. The highest BCUT2D eigenvalue weighted by Crippen LogP contribution is 2.22. The first kappa shape index (κ1) is 14.0. The molecule has 1 aromatic rings. The lowest BCUT2D eigenvalue weighted by atomic mass is 10.1. The van der Waals surface area contributed by atoms with Crippen molar-refractivity contribution in [1.82, 2.24) is 15.5 Å². The summed E-state index contributed by atoms with van der Waals surface area (Å²) in [4.78, 5) is 3.75. The van der Waals surface area contributed by atoms with Crippen molar-refractivity contribution in [2.45, 2.75) is 31.3 Å². The molecule has 0 saturated carbocycles. The highest BCUT2D eigenvalue weighted by molar-refractivity contribution is 7.10. The van der Waals surface area contributed by atoms with Gasteiger partial charge in [0.05, 0.1) is 6.04 Å². The zero-order valence-electron chi connectivity index (χ0n) is 11.5. The van der Waals surface area contributed by atoms with Gasteiger partial charge in [-0.05, 0) is 44.9 Å². The molecule has 18 heavy (non-hydrogen) atoms. The molecule has 0 radical (unpaired) electrons. The fourth-order valence-corrected chi connectivity index (χ4v) is 3.43. The van der Waals surface area contributed by atoms with Gasteiger partial charge >= 0.3 is 0 Å². The summed E-state index contributed by atoms with van der Waals surface area (Å²) >= 11 is 1.85. The Morgan fingerprint density at radius 2 is 2.39 bits per heavy atom. The van der Waals surface area contributed by atoms with Gasteiger partial charge in [0, 0.05) is 24.0 Å². The average molecular weight is 267 g/mol. The lowest BCUT2D eigenvalue weighted by Gasteiger charge is -2.27. The highest BCUT2D eigenvalue weighted by Gasteiger charge is 2.16. The Bertz CT molecular complexity index is 318. The number of piperidine rings is 1. The number of hydrogen-bond acceptors (Lipinski definition) is 4. The van der Waals surface area contributed by atoms with Crippen LogP contribution in [0.5, 0.6) is 0 Å². The molecular formula is C14H25N3S. The van der Waals surface area contributed by atoms with Gasteiger partial charge in [0.2, 0.25) is 0 Å². The van der Waals surface area contributed by atoms with Crippen LogP contribution in [0.15, 0.2) is 17.5 Å². The summed E-state index contributed by atoms with van der Waals surface area (Å²) in [5.41, 5.74) is 0. The van der Waals surface area contributed by atoms with Crippen LogP contribution in [0.3, 0.4) is 0 Å². The van der Waals surface area contributed by atoms with Gasteiger partial charge in [-0.2, -0.15) is 0 Å². The number of likely N-dealkylation sites (N-methyl/N-ethyl adjacent to an activating group) is 1. The third kappa shape index (κ3) is 4.05. The van der Waals surface area contributed by atoms with Crippen LogP contribution < -0.4 is 10.6 Å². The number of nitrogens with one attached hydrogen (secondary N) is 2. The van der Waals surface area contributed by atoms with E-state index in [1.54, 1.807) is 0 Å². The van der Waals surface area contributed by atoms with E-state index in [2.05, 4.69) is 47.1 Å². The summed E-state index contributed by atoms with van der Waals surface area (Å²) in [6.45, 7) is 3.32. The van der Waals surface area contributed by atoms with Crippen LogP contribution in [-0.2, 0) is 0 Å². The van der Waals surface area contributed by atoms with E-state index in [4.69, 9.17) is 0 Å². The predicted octanol–water partition coefficient (Wildman–Crippen LogP) is 2.08. The molecule has 1 fully saturated rings. The van der Waals surface area contributed by atoms with Crippen molar-refractivity contribution in [3.8, 4) is 0 Å². The molecule has 2 unspecified atom stereocenters. The summed E-state index contributed by atoms with van der Waals surface area (Å²) < 4.78 is 0. The summed E-state index contributed by atoms with van der Waals surface area (Å²) in [5.74, 6) is 0. The minimum atomic E-state index is 0.494. The van der Waals surface area contributed by atoms with Gasteiger partial charge in [-0.15, -0.1) is 11.3 Å². The molecule has 2 rings (SSSR count).